The van der Waals surface area contributed by atoms with Crippen molar-refractivity contribution >= 4 is 23.3 Å². The van der Waals surface area contributed by atoms with Crippen LogP contribution in [0.15, 0.2) is 18.2 Å². The van der Waals surface area contributed by atoms with Gasteiger partial charge in [0, 0.05) is 23.8 Å². The predicted octanol–water partition coefficient (Wildman–Crippen LogP) is 3.29. The number of anilines is 1. The van der Waals surface area contributed by atoms with Crippen molar-refractivity contribution in [2.45, 2.75) is 33.0 Å². The first kappa shape index (κ1) is 14.2. The predicted molar refractivity (Wildman–Crippen MR) is 76.8 cm³/mol. The Morgan fingerprint density at radius 2 is 2.00 bits per heavy atom. The highest BCUT2D eigenvalue weighted by molar-refractivity contribution is 6.31. The molecule has 104 valence electrons. The molecule has 5 heteroatoms. The number of hydrogen-bond acceptors (Lipinski definition) is 2. The van der Waals surface area contributed by atoms with Gasteiger partial charge in [0.15, 0.2) is 0 Å². The molecular formula is C14H19ClN2O2. The highest BCUT2D eigenvalue weighted by atomic mass is 35.5. The number of amides is 2. The lowest BCUT2D eigenvalue weighted by molar-refractivity contribution is -0.0530. The van der Waals surface area contributed by atoms with Crippen molar-refractivity contribution in [3.05, 3.63) is 28.8 Å². The van der Waals surface area contributed by atoms with Gasteiger partial charge in [0.25, 0.3) is 0 Å². The number of nitrogens with zero attached hydrogens (tertiary/aromatic N) is 1. The first-order valence-corrected chi connectivity index (χ1v) is 6.81. The molecule has 1 heterocycles. The number of ether oxygens (including phenoxy) is 1. The Morgan fingerprint density at radius 3 is 2.63 bits per heavy atom. The van der Waals surface area contributed by atoms with E-state index in [1.54, 1.807) is 4.90 Å². The minimum atomic E-state index is -0.104. The van der Waals surface area contributed by atoms with Gasteiger partial charge < -0.3 is 15.0 Å². The number of nitrogens with one attached hydrogen (secondary N) is 1. The summed E-state index contributed by atoms with van der Waals surface area (Å²) in [5.74, 6) is 0. The lowest BCUT2D eigenvalue weighted by atomic mass is 10.2. The molecule has 0 aromatic heterocycles. The van der Waals surface area contributed by atoms with Crippen LogP contribution >= 0.6 is 11.6 Å². The fraction of sp³-hybridized carbons (Fsp3) is 0.500. The van der Waals surface area contributed by atoms with Gasteiger partial charge in [0.1, 0.15) is 0 Å². The summed E-state index contributed by atoms with van der Waals surface area (Å²) in [6.07, 6.45) is 0.130. The van der Waals surface area contributed by atoms with E-state index in [1.165, 1.54) is 0 Å². The minimum absolute atomic E-state index is 0.0648. The van der Waals surface area contributed by atoms with Gasteiger partial charge in [-0.15, -0.1) is 0 Å². The van der Waals surface area contributed by atoms with Gasteiger partial charge in [-0.2, -0.15) is 0 Å². The van der Waals surface area contributed by atoms with Crippen LogP contribution in [0.1, 0.15) is 19.4 Å². The van der Waals surface area contributed by atoms with E-state index in [1.807, 2.05) is 39.0 Å². The van der Waals surface area contributed by atoms with Crippen molar-refractivity contribution in [1.82, 2.24) is 4.90 Å². The lowest BCUT2D eigenvalue weighted by Gasteiger charge is -2.35. The third-order valence-electron chi connectivity index (χ3n) is 3.22. The second-order valence-corrected chi connectivity index (χ2v) is 5.41. The maximum Gasteiger partial charge on any atom is 0.322 e. The maximum absolute atomic E-state index is 12.2. The van der Waals surface area contributed by atoms with E-state index in [-0.39, 0.29) is 18.2 Å². The summed E-state index contributed by atoms with van der Waals surface area (Å²) in [4.78, 5) is 14.0. The molecule has 2 amide bonds. The SMILES string of the molecule is Cc1c(Cl)cccc1NC(=O)N1C[C@@H](C)O[C@@H](C)C1. The molecule has 2 rings (SSSR count). The molecule has 1 saturated heterocycles. The third-order valence-corrected chi connectivity index (χ3v) is 3.63. The van der Waals surface area contributed by atoms with Crippen molar-refractivity contribution in [3.63, 3.8) is 0 Å². The van der Waals surface area contributed by atoms with Gasteiger partial charge in [-0.1, -0.05) is 17.7 Å². The summed E-state index contributed by atoms with van der Waals surface area (Å²) in [7, 11) is 0. The van der Waals surface area contributed by atoms with Gasteiger partial charge in [0.2, 0.25) is 0 Å². The number of hydrogen-bond donors (Lipinski definition) is 1. The summed E-state index contributed by atoms with van der Waals surface area (Å²) < 4.78 is 5.62. The zero-order chi connectivity index (χ0) is 14.0. The number of carbonyl (C=O) groups is 1. The van der Waals surface area contributed by atoms with Crippen LogP contribution in [0.4, 0.5) is 10.5 Å². The molecule has 0 unspecified atom stereocenters. The monoisotopic (exact) mass is 282 g/mol. The standard InChI is InChI=1S/C14H19ClN2O2/c1-9-7-17(8-10(2)19-9)14(18)16-13-6-4-5-12(15)11(13)3/h4-6,9-10H,7-8H2,1-3H3,(H,16,18)/t9-,10+. The molecule has 19 heavy (non-hydrogen) atoms. The van der Waals surface area contributed by atoms with Crippen LogP contribution in [0.5, 0.6) is 0 Å². The van der Waals surface area contributed by atoms with E-state index in [4.69, 9.17) is 16.3 Å². The molecule has 0 bridgehead atoms. The van der Waals surface area contributed by atoms with E-state index < -0.39 is 0 Å². The van der Waals surface area contributed by atoms with E-state index in [0.717, 1.165) is 11.3 Å². The third kappa shape index (κ3) is 3.39. The summed E-state index contributed by atoms with van der Waals surface area (Å²) >= 11 is 6.04. The number of benzene rings is 1. The van der Waals surface area contributed by atoms with E-state index in [0.29, 0.717) is 18.1 Å². The number of carbonyl (C=O) groups excluding carboxylic acids is 1. The Kier molecular flexibility index (Phi) is 4.32. The van der Waals surface area contributed by atoms with E-state index in [9.17, 15) is 4.79 Å². The Morgan fingerprint density at radius 1 is 1.37 bits per heavy atom. The fourth-order valence-electron chi connectivity index (χ4n) is 2.28. The molecular weight excluding hydrogens is 264 g/mol. The number of halogens is 1. The van der Waals surface area contributed by atoms with Crippen LogP contribution < -0.4 is 5.32 Å². The Labute approximate surface area is 118 Å². The second kappa shape index (κ2) is 5.80. The zero-order valence-electron chi connectivity index (χ0n) is 11.4. The van der Waals surface area contributed by atoms with Crippen molar-refractivity contribution in [2.24, 2.45) is 0 Å². The molecule has 1 fully saturated rings. The van der Waals surface area contributed by atoms with Crippen LogP contribution in [-0.4, -0.2) is 36.2 Å². The van der Waals surface area contributed by atoms with Crippen molar-refractivity contribution < 1.29 is 9.53 Å². The highest BCUT2D eigenvalue weighted by Gasteiger charge is 2.26. The van der Waals surface area contributed by atoms with Crippen molar-refractivity contribution in [3.8, 4) is 0 Å². The van der Waals surface area contributed by atoms with Crippen molar-refractivity contribution in [2.75, 3.05) is 18.4 Å². The van der Waals surface area contributed by atoms with Crippen LogP contribution in [0, 0.1) is 6.92 Å². The molecule has 0 saturated carbocycles. The quantitative estimate of drug-likeness (QED) is 0.859. The summed E-state index contributed by atoms with van der Waals surface area (Å²) in [5.41, 5.74) is 1.64. The number of morpholine rings is 1. The average Bonchev–Trinajstić information content (AvgIpc) is 2.33. The number of urea groups is 1. The Bertz CT molecular complexity index is 469. The first-order valence-electron chi connectivity index (χ1n) is 6.44. The molecule has 2 atom stereocenters. The molecule has 1 aliphatic rings. The van der Waals surface area contributed by atoms with Gasteiger partial charge in [-0.05, 0) is 38.5 Å². The van der Waals surface area contributed by atoms with Crippen LogP contribution in [0.3, 0.4) is 0 Å². The average molecular weight is 283 g/mol. The minimum Gasteiger partial charge on any atom is -0.372 e. The smallest absolute Gasteiger partial charge is 0.322 e. The molecule has 1 N–H and O–H groups in total. The van der Waals surface area contributed by atoms with E-state index >= 15 is 0 Å². The Hall–Kier alpha value is -1.26. The highest BCUT2D eigenvalue weighted by Crippen LogP contribution is 2.23. The zero-order valence-corrected chi connectivity index (χ0v) is 12.2. The fourth-order valence-corrected chi connectivity index (χ4v) is 2.46. The normalized spacial score (nSPS) is 23.3. The van der Waals surface area contributed by atoms with Gasteiger partial charge in [0.05, 0.1) is 12.2 Å². The lowest BCUT2D eigenvalue weighted by Crippen LogP contribution is -2.49. The topological polar surface area (TPSA) is 41.6 Å². The van der Waals surface area contributed by atoms with Crippen LogP contribution in [0.2, 0.25) is 5.02 Å². The Balaban J connectivity index is 2.06. The van der Waals surface area contributed by atoms with Crippen LogP contribution in [0.25, 0.3) is 0 Å². The molecule has 1 aromatic rings. The largest absolute Gasteiger partial charge is 0.372 e. The summed E-state index contributed by atoms with van der Waals surface area (Å²) in [6, 6.07) is 5.39. The second-order valence-electron chi connectivity index (χ2n) is 5.00. The maximum atomic E-state index is 12.2. The van der Waals surface area contributed by atoms with Gasteiger partial charge in [-0.25, -0.2) is 4.79 Å². The molecule has 1 aromatic carbocycles. The van der Waals surface area contributed by atoms with E-state index in [2.05, 4.69) is 5.32 Å². The summed E-state index contributed by atoms with van der Waals surface area (Å²) in [5, 5.41) is 3.56. The molecule has 0 aliphatic carbocycles. The van der Waals surface area contributed by atoms with Gasteiger partial charge >= 0.3 is 6.03 Å². The first-order chi connectivity index (χ1) is 8.97. The molecule has 0 spiro atoms. The van der Waals surface area contributed by atoms with Crippen LogP contribution in [-0.2, 0) is 4.74 Å². The van der Waals surface area contributed by atoms with Crippen molar-refractivity contribution in [1.29, 1.82) is 0 Å². The summed E-state index contributed by atoms with van der Waals surface area (Å²) in [6.45, 7) is 7.05. The molecule has 0 radical (unpaired) electrons. The molecule has 1 aliphatic heterocycles. The van der Waals surface area contributed by atoms with Gasteiger partial charge in [-0.3, -0.25) is 0 Å². The number of rotatable bonds is 1. The molecule has 4 nitrogen and oxygen atoms in total.